The first-order chi connectivity index (χ1) is 7.22. The topological polar surface area (TPSA) is 17.1 Å². The van der Waals surface area contributed by atoms with Crippen molar-refractivity contribution in [3.63, 3.8) is 0 Å². The molecule has 0 spiro atoms. The van der Waals surface area contributed by atoms with Crippen LogP contribution < -0.4 is 0 Å². The zero-order valence-corrected chi connectivity index (χ0v) is 9.96. The van der Waals surface area contributed by atoms with E-state index in [1.807, 2.05) is 0 Å². The molecule has 0 amide bonds. The normalized spacial score (nSPS) is 39.5. The van der Waals surface area contributed by atoms with Gasteiger partial charge in [0.2, 0.25) is 0 Å². The predicted molar refractivity (Wildman–Crippen MR) is 62.6 cm³/mol. The third kappa shape index (κ3) is 1.56. The highest BCUT2D eigenvalue weighted by Crippen LogP contribution is 2.60. The maximum Gasteiger partial charge on any atom is 0.142 e. The van der Waals surface area contributed by atoms with Gasteiger partial charge in [0.15, 0.2) is 0 Å². The Kier molecular flexibility index (Phi) is 2.99. The van der Waals surface area contributed by atoms with Gasteiger partial charge in [0.1, 0.15) is 5.78 Å². The minimum atomic E-state index is 0.140. The molecule has 2 rings (SSSR count). The predicted octanol–water partition coefficient (Wildman–Crippen LogP) is 3.74. The first-order valence-electron chi connectivity index (χ1n) is 6.38. The number of rotatable bonds is 4. The highest BCUT2D eigenvalue weighted by Gasteiger charge is 2.60. The van der Waals surface area contributed by atoms with Gasteiger partial charge in [0.25, 0.3) is 0 Å². The van der Waals surface area contributed by atoms with Crippen molar-refractivity contribution in [2.45, 2.75) is 52.4 Å². The van der Waals surface area contributed by atoms with Crippen LogP contribution in [-0.4, -0.2) is 5.78 Å². The van der Waals surface area contributed by atoms with E-state index >= 15 is 0 Å². The molecular weight excluding hydrogens is 184 g/mol. The van der Waals surface area contributed by atoms with E-state index in [-0.39, 0.29) is 5.41 Å². The summed E-state index contributed by atoms with van der Waals surface area (Å²) in [6, 6.07) is 0. The van der Waals surface area contributed by atoms with Gasteiger partial charge in [0.05, 0.1) is 0 Å². The number of hydrogen-bond donors (Lipinski definition) is 0. The van der Waals surface area contributed by atoms with Gasteiger partial charge in [-0.1, -0.05) is 25.5 Å². The van der Waals surface area contributed by atoms with Crippen LogP contribution in [0.25, 0.3) is 0 Å². The van der Waals surface area contributed by atoms with E-state index in [9.17, 15) is 4.79 Å². The molecule has 1 nitrogen and oxygen atoms in total. The second-order valence-electron chi connectivity index (χ2n) is 5.27. The fourth-order valence-corrected chi connectivity index (χ4v) is 3.81. The minimum Gasteiger partial charge on any atom is -0.299 e. The molecule has 0 bridgehead atoms. The Morgan fingerprint density at radius 1 is 1.53 bits per heavy atom. The minimum absolute atomic E-state index is 0.140. The third-order valence-electron chi connectivity index (χ3n) is 4.59. The standard InChI is InChI=1S/C14H22O/c1-3-4-5-6-9-14-10-7-8-12(14)11(2)13(14)15/h3-4,11-12H,5-10H2,1-2H3/b4-3-/t11-,12-,14-/m1/s1. The number of carbonyl (C=O) groups excluding carboxylic acids is 1. The van der Waals surface area contributed by atoms with Crippen LogP contribution in [0.1, 0.15) is 52.4 Å². The van der Waals surface area contributed by atoms with Crippen molar-refractivity contribution in [3.05, 3.63) is 12.2 Å². The second kappa shape index (κ2) is 4.11. The van der Waals surface area contributed by atoms with E-state index in [2.05, 4.69) is 26.0 Å². The number of allylic oxidation sites excluding steroid dienone is 2. The number of carbonyl (C=O) groups is 1. The van der Waals surface area contributed by atoms with Crippen molar-refractivity contribution in [2.75, 3.05) is 0 Å². The van der Waals surface area contributed by atoms with Crippen LogP contribution in [0.4, 0.5) is 0 Å². The van der Waals surface area contributed by atoms with E-state index in [1.165, 1.54) is 25.7 Å². The summed E-state index contributed by atoms with van der Waals surface area (Å²) in [5.74, 6) is 1.68. The number of unbranched alkanes of at least 4 members (excludes halogenated alkanes) is 1. The summed E-state index contributed by atoms with van der Waals surface area (Å²) in [4.78, 5) is 12.0. The molecule has 0 aromatic heterocycles. The second-order valence-corrected chi connectivity index (χ2v) is 5.27. The summed E-state index contributed by atoms with van der Waals surface area (Å²) < 4.78 is 0. The van der Waals surface area contributed by atoms with E-state index in [0.717, 1.165) is 18.8 Å². The lowest BCUT2D eigenvalue weighted by molar-refractivity contribution is -0.153. The summed E-state index contributed by atoms with van der Waals surface area (Å²) >= 11 is 0. The summed E-state index contributed by atoms with van der Waals surface area (Å²) in [6.07, 6.45) is 11.6. The molecule has 0 aromatic rings. The van der Waals surface area contributed by atoms with Crippen LogP contribution in [0.15, 0.2) is 12.2 Å². The van der Waals surface area contributed by atoms with Gasteiger partial charge in [-0.05, 0) is 44.9 Å². The number of Topliss-reactive ketones (excluding diaryl/α,β-unsaturated/α-hetero) is 1. The zero-order chi connectivity index (χ0) is 10.9. The highest BCUT2D eigenvalue weighted by molar-refractivity contribution is 5.94. The molecule has 0 unspecified atom stereocenters. The summed E-state index contributed by atoms with van der Waals surface area (Å²) in [5, 5.41) is 0. The molecule has 0 heterocycles. The van der Waals surface area contributed by atoms with Crippen LogP contribution in [0.3, 0.4) is 0 Å². The highest BCUT2D eigenvalue weighted by atomic mass is 16.1. The Labute approximate surface area is 92.9 Å². The van der Waals surface area contributed by atoms with Crippen molar-refractivity contribution < 1.29 is 4.79 Å². The lowest BCUT2D eigenvalue weighted by atomic mass is 9.53. The van der Waals surface area contributed by atoms with Crippen molar-refractivity contribution in [1.29, 1.82) is 0 Å². The molecule has 0 saturated heterocycles. The summed E-state index contributed by atoms with van der Waals surface area (Å²) in [7, 11) is 0. The SMILES string of the molecule is C/C=C\CCC[C@@]12CCC[C@@H]1[C@@H](C)C2=O. The lowest BCUT2D eigenvalue weighted by Gasteiger charge is -2.48. The van der Waals surface area contributed by atoms with Gasteiger partial charge in [-0.3, -0.25) is 4.79 Å². The number of hydrogen-bond acceptors (Lipinski definition) is 1. The molecule has 84 valence electrons. The van der Waals surface area contributed by atoms with E-state index in [4.69, 9.17) is 0 Å². The Balaban J connectivity index is 1.92. The third-order valence-corrected chi connectivity index (χ3v) is 4.59. The van der Waals surface area contributed by atoms with Crippen molar-refractivity contribution in [3.8, 4) is 0 Å². The number of ketones is 1. The molecule has 0 aromatic carbocycles. The summed E-state index contributed by atoms with van der Waals surface area (Å²) in [5.41, 5.74) is 0.140. The summed E-state index contributed by atoms with van der Waals surface area (Å²) in [6.45, 7) is 4.19. The molecule has 1 heteroatoms. The molecule has 15 heavy (non-hydrogen) atoms. The average Bonchev–Trinajstić information content (AvgIpc) is 2.64. The first-order valence-corrected chi connectivity index (χ1v) is 6.38. The monoisotopic (exact) mass is 206 g/mol. The van der Waals surface area contributed by atoms with Crippen LogP contribution in [0.2, 0.25) is 0 Å². The van der Waals surface area contributed by atoms with Gasteiger partial charge in [-0.15, -0.1) is 0 Å². The van der Waals surface area contributed by atoms with Crippen LogP contribution in [0.5, 0.6) is 0 Å². The van der Waals surface area contributed by atoms with Crippen molar-refractivity contribution >= 4 is 5.78 Å². The molecule has 2 aliphatic carbocycles. The quantitative estimate of drug-likeness (QED) is 0.506. The largest absolute Gasteiger partial charge is 0.299 e. The van der Waals surface area contributed by atoms with E-state index in [1.54, 1.807) is 0 Å². The van der Waals surface area contributed by atoms with E-state index < -0.39 is 0 Å². The van der Waals surface area contributed by atoms with Gasteiger partial charge < -0.3 is 0 Å². The van der Waals surface area contributed by atoms with Crippen LogP contribution in [-0.2, 0) is 4.79 Å². The fourth-order valence-electron chi connectivity index (χ4n) is 3.81. The van der Waals surface area contributed by atoms with Crippen molar-refractivity contribution in [2.24, 2.45) is 17.3 Å². The Hall–Kier alpha value is -0.590. The fraction of sp³-hybridized carbons (Fsp3) is 0.786. The van der Waals surface area contributed by atoms with Gasteiger partial charge in [0, 0.05) is 11.3 Å². The van der Waals surface area contributed by atoms with Crippen LogP contribution >= 0.6 is 0 Å². The van der Waals surface area contributed by atoms with Gasteiger partial charge in [-0.25, -0.2) is 0 Å². The van der Waals surface area contributed by atoms with E-state index in [0.29, 0.717) is 11.7 Å². The maximum atomic E-state index is 12.0. The van der Waals surface area contributed by atoms with Crippen molar-refractivity contribution in [1.82, 2.24) is 0 Å². The Bertz CT molecular complexity index is 279. The average molecular weight is 206 g/mol. The molecular formula is C14H22O. The number of fused-ring (bicyclic) bond motifs is 1. The van der Waals surface area contributed by atoms with Crippen LogP contribution in [0, 0.1) is 17.3 Å². The molecule has 0 aliphatic heterocycles. The Morgan fingerprint density at radius 3 is 3.07 bits per heavy atom. The molecule has 2 fully saturated rings. The maximum absolute atomic E-state index is 12.0. The molecule has 2 saturated carbocycles. The van der Waals surface area contributed by atoms with Gasteiger partial charge in [-0.2, -0.15) is 0 Å². The zero-order valence-electron chi connectivity index (χ0n) is 9.96. The lowest BCUT2D eigenvalue weighted by Crippen LogP contribution is -2.53. The van der Waals surface area contributed by atoms with Gasteiger partial charge >= 0.3 is 0 Å². The first kappa shape index (κ1) is 10.9. The smallest absolute Gasteiger partial charge is 0.142 e. The molecule has 0 radical (unpaired) electrons. The molecule has 2 aliphatic rings. The molecule has 3 atom stereocenters. The Morgan fingerprint density at radius 2 is 2.33 bits per heavy atom. The molecule has 0 N–H and O–H groups in total.